The summed E-state index contributed by atoms with van der Waals surface area (Å²) in [4.78, 5) is 12.7. The van der Waals surface area contributed by atoms with Crippen LogP contribution in [0.4, 0.5) is 5.69 Å². The quantitative estimate of drug-likeness (QED) is 0.749. The van der Waals surface area contributed by atoms with Crippen molar-refractivity contribution in [1.29, 1.82) is 0 Å². The van der Waals surface area contributed by atoms with E-state index in [9.17, 15) is 13.2 Å². The van der Waals surface area contributed by atoms with Crippen LogP contribution in [0.25, 0.3) is 0 Å². The van der Waals surface area contributed by atoms with Crippen LogP contribution >= 0.6 is 11.6 Å². The van der Waals surface area contributed by atoms with Gasteiger partial charge in [-0.05, 0) is 44.2 Å². The topological polar surface area (TPSA) is 84.9 Å². The van der Waals surface area contributed by atoms with E-state index < -0.39 is 22.0 Å². The number of fused-ring (bicyclic) bond motifs is 1. The maximum absolute atomic E-state index is 12.7. The highest BCUT2D eigenvalue weighted by Crippen LogP contribution is 2.37. The van der Waals surface area contributed by atoms with Crippen molar-refractivity contribution in [2.24, 2.45) is 0 Å². The molecule has 1 N–H and O–H groups in total. The number of carbonyl (C=O) groups is 1. The number of hydrogen-bond donors (Lipinski definition) is 1. The van der Waals surface area contributed by atoms with Gasteiger partial charge in [-0.3, -0.25) is 9.10 Å². The Balaban J connectivity index is 1.66. The fraction of sp³-hybridized carbons (Fsp3) is 0.350. The molecule has 0 unspecified atom stereocenters. The Bertz CT molecular complexity index is 994. The number of ether oxygens (including phenoxy) is 2. The summed E-state index contributed by atoms with van der Waals surface area (Å²) in [6.07, 6.45) is 0.0935. The van der Waals surface area contributed by atoms with Crippen LogP contribution in [0.3, 0.4) is 0 Å². The predicted octanol–water partition coefficient (Wildman–Crippen LogP) is 2.76. The molecule has 0 fully saturated rings. The van der Waals surface area contributed by atoms with Crippen molar-refractivity contribution in [2.45, 2.75) is 26.0 Å². The van der Waals surface area contributed by atoms with Crippen molar-refractivity contribution >= 4 is 33.2 Å². The van der Waals surface area contributed by atoms with Crippen LogP contribution in [0.15, 0.2) is 42.5 Å². The van der Waals surface area contributed by atoms with Crippen molar-refractivity contribution in [1.82, 2.24) is 5.32 Å². The molecule has 1 heterocycles. The molecule has 0 saturated heterocycles. The SMILES string of the molecule is Cc1ccc(OC[C@H](C)NC(=O)[C@@H]2CN(S(C)(=O)=O)c3cc(Cl)ccc3O2)cc1. The predicted molar refractivity (Wildman–Crippen MR) is 112 cm³/mol. The molecular weight excluding hydrogens is 416 g/mol. The second-order valence-electron chi connectivity index (χ2n) is 7.05. The van der Waals surface area contributed by atoms with Gasteiger partial charge in [0.05, 0.1) is 24.5 Å². The molecular formula is C20H23ClN2O5S. The van der Waals surface area contributed by atoms with Crippen LogP contribution in [-0.2, 0) is 14.8 Å². The zero-order valence-electron chi connectivity index (χ0n) is 16.4. The molecule has 0 aliphatic carbocycles. The van der Waals surface area contributed by atoms with E-state index in [-0.39, 0.29) is 24.9 Å². The Labute approximate surface area is 175 Å². The molecule has 2 aromatic rings. The molecule has 0 aromatic heterocycles. The molecule has 2 aromatic carbocycles. The Hall–Kier alpha value is -2.45. The monoisotopic (exact) mass is 438 g/mol. The lowest BCUT2D eigenvalue weighted by molar-refractivity contribution is -0.128. The molecule has 1 amide bonds. The lowest BCUT2D eigenvalue weighted by Crippen LogP contribution is -2.52. The molecule has 7 nitrogen and oxygen atoms in total. The molecule has 1 aliphatic heterocycles. The number of aryl methyl sites for hydroxylation is 1. The Morgan fingerprint density at radius 1 is 1.31 bits per heavy atom. The summed E-state index contributed by atoms with van der Waals surface area (Å²) in [5.74, 6) is 0.578. The van der Waals surface area contributed by atoms with Gasteiger partial charge in [0.1, 0.15) is 18.1 Å². The zero-order valence-corrected chi connectivity index (χ0v) is 18.0. The smallest absolute Gasteiger partial charge is 0.263 e. The third kappa shape index (κ3) is 5.33. The second-order valence-corrected chi connectivity index (χ2v) is 9.39. The summed E-state index contributed by atoms with van der Waals surface area (Å²) in [6, 6.07) is 11.9. The van der Waals surface area contributed by atoms with Gasteiger partial charge in [0.2, 0.25) is 10.0 Å². The van der Waals surface area contributed by atoms with Gasteiger partial charge in [-0.2, -0.15) is 0 Å². The van der Waals surface area contributed by atoms with Gasteiger partial charge >= 0.3 is 0 Å². The van der Waals surface area contributed by atoms with Crippen molar-refractivity contribution < 1.29 is 22.7 Å². The van der Waals surface area contributed by atoms with E-state index in [2.05, 4.69) is 5.32 Å². The molecule has 1 aliphatic rings. The number of halogens is 1. The van der Waals surface area contributed by atoms with Crippen molar-refractivity contribution in [3.05, 3.63) is 53.1 Å². The fourth-order valence-electron chi connectivity index (χ4n) is 2.91. The highest BCUT2D eigenvalue weighted by molar-refractivity contribution is 7.92. The fourth-order valence-corrected chi connectivity index (χ4v) is 3.98. The maximum Gasteiger partial charge on any atom is 0.263 e. The van der Waals surface area contributed by atoms with Gasteiger partial charge in [0, 0.05) is 5.02 Å². The number of amides is 1. The summed E-state index contributed by atoms with van der Waals surface area (Å²) >= 11 is 5.98. The number of rotatable bonds is 6. The molecule has 0 bridgehead atoms. The van der Waals surface area contributed by atoms with Crippen LogP contribution in [-0.4, -0.2) is 45.9 Å². The highest BCUT2D eigenvalue weighted by Gasteiger charge is 2.35. The van der Waals surface area contributed by atoms with Gasteiger partial charge in [-0.25, -0.2) is 8.42 Å². The molecule has 156 valence electrons. The van der Waals surface area contributed by atoms with Gasteiger partial charge < -0.3 is 14.8 Å². The van der Waals surface area contributed by atoms with E-state index in [0.29, 0.717) is 16.5 Å². The number of hydrogen-bond acceptors (Lipinski definition) is 5. The van der Waals surface area contributed by atoms with E-state index in [0.717, 1.165) is 16.1 Å². The first kappa shape index (κ1) is 21.3. The lowest BCUT2D eigenvalue weighted by atomic mass is 10.2. The average Bonchev–Trinajstić information content (AvgIpc) is 2.65. The zero-order chi connectivity index (χ0) is 21.2. The highest BCUT2D eigenvalue weighted by atomic mass is 35.5. The molecule has 29 heavy (non-hydrogen) atoms. The summed E-state index contributed by atoms with van der Waals surface area (Å²) in [5, 5.41) is 3.19. The van der Waals surface area contributed by atoms with Crippen LogP contribution < -0.4 is 19.1 Å². The summed E-state index contributed by atoms with van der Waals surface area (Å²) in [5.41, 5.74) is 1.45. The molecule has 9 heteroatoms. The molecule has 0 spiro atoms. The average molecular weight is 439 g/mol. The van der Waals surface area contributed by atoms with Gasteiger partial charge in [-0.15, -0.1) is 0 Å². The molecule has 2 atom stereocenters. The number of carbonyl (C=O) groups excluding carboxylic acids is 1. The van der Waals surface area contributed by atoms with E-state index in [1.807, 2.05) is 31.2 Å². The van der Waals surface area contributed by atoms with Crippen LogP contribution in [0.1, 0.15) is 12.5 Å². The maximum atomic E-state index is 12.7. The minimum atomic E-state index is -3.61. The third-order valence-electron chi connectivity index (χ3n) is 4.39. The van der Waals surface area contributed by atoms with Crippen molar-refractivity contribution in [2.75, 3.05) is 23.7 Å². The summed E-state index contributed by atoms with van der Waals surface area (Å²) in [6.45, 7) is 3.92. The first-order valence-electron chi connectivity index (χ1n) is 9.07. The minimum absolute atomic E-state index is 0.135. The van der Waals surface area contributed by atoms with Crippen molar-refractivity contribution in [3.8, 4) is 11.5 Å². The van der Waals surface area contributed by atoms with E-state index in [1.54, 1.807) is 19.1 Å². The molecule has 3 rings (SSSR count). The van der Waals surface area contributed by atoms with Crippen LogP contribution in [0, 0.1) is 6.92 Å². The van der Waals surface area contributed by atoms with E-state index >= 15 is 0 Å². The number of sulfonamides is 1. The largest absolute Gasteiger partial charge is 0.491 e. The first-order valence-corrected chi connectivity index (χ1v) is 11.3. The Morgan fingerprint density at radius 2 is 2.00 bits per heavy atom. The number of anilines is 1. The molecule has 0 radical (unpaired) electrons. The number of benzene rings is 2. The van der Waals surface area contributed by atoms with Gasteiger partial charge in [0.15, 0.2) is 6.10 Å². The first-order chi connectivity index (χ1) is 13.6. The second kappa shape index (κ2) is 8.51. The summed E-state index contributed by atoms with van der Waals surface area (Å²) in [7, 11) is -3.61. The van der Waals surface area contributed by atoms with Gasteiger partial charge in [-0.1, -0.05) is 29.3 Å². The lowest BCUT2D eigenvalue weighted by Gasteiger charge is -2.34. The Morgan fingerprint density at radius 3 is 2.66 bits per heavy atom. The third-order valence-corrected chi connectivity index (χ3v) is 5.77. The van der Waals surface area contributed by atoms with E-state index in [1.165, 1.54) is 6.07 Å². The number of nitrogens with zero attached hydrogens (tertiary/aromatic N) is 1. The molecule has 0 saturated carbocycles. The van der Waals surface area contributed by atoms with Gasteiger partial charge in [0.25, 0.3) is 5.91 Å². The minimum Gasteiger partial charge on any atom is -0.491 e. The normalized spacial score (nSPS) is 17.1. The van der Waals surface area contributed by atoms with Crippen LogP contribution in [0.5, 0.6) is 11.5 Å². The number of nitrogens with one attached hydrogen (secondary N) is 1. The van der Waals surface area contributed by atoms with E-state index in [4.69, 9.17) is 21.1 Å². The summed E-state index contributed by atoms with van der Waals surface area (Å²) < 4.78 is 37.0. The Kier molecular flexibility index (Phi) is 6.24. The van der Waals surface area contributed by atoms with Crippen LogP contribution in [0.2, 0.25) is 5.02 Å². The standard InChI is InChI=1S/C20H23ClN2O5S/c1-13-4-7-16(8-5-13)27-12-14(2)22-20(24)19-11-23(29(3,25)26)17-10-15(21)6-9-18(17)28-19/h4-10,14,19H,11-12H2,1-3H3,(H,22,24)/t14-,19-/m0/s1. The van der Waals surface area contributed by atoms with Crippen molar-refractivity contribution in [3.63, 3.8) is 0 Å².